The third kappa shape index (κ3) is 3.70. The second-order valence-corrected chi connectivity index (χ2v) is 4.77. The van der Waals surface area contributed by atoms with Crippen LogP contribution in [0.3, 0.4) is 0 Å². The van der Waals surface area contributed by atoms with Gasteiger partial charge in [-0.1, -0.05) is 29.8 Å². The second kappa shape index (κ2) is 7.04. The first-order chi connectivity index (χ1) is 10.2. The van der Waals surface area contributed by atoms with Crippen LogP contribution in [0.5, 0.6) is 17.2 Å². The Morgan fingerprint density at radius 1 is 0.857 bits per heavy atom. The lowest BCUT2D eigenvalue weighted by atomic mass is 10.1. The van der Waals surface area contributed by atoms with Crippen LogP contribution in [0.25, 0.3) is 12.2 Å². The molecule has 0 aromatic heterocycles. The summed E-state index contributed by atoms with van der Waals surface area (Å²) in [5, 5.41) is 0.700. The molecule has 0 heterocycles. The molecule has 0 amide bonds. The molecule has 0 bridgehead atoms. The number of benzene rings is 2. The van der Waals surface area contributed by atoms with Gasteiger partial charge in [0.05, 0.1) is 26.9 Å². The molecule has 3 nitrogen and oxygen atoms in total. The fourth-order valence-corrected chi connectivity index (χ4v) is 2.19. The third-order valence-corrected chi connectivity index (χ3v) is 3.28. The molecule has 4 heteroatoms. The van der Waals surface area contributed by atoms with Gasteiger partial charge in [-0.15, -0.1) is 0 Å². The molecule has 21 heavy (non-hydrogen) atoms. The van der Waals surface area contributed by atoms with Crippen molar-refractivity contribution in [2.45, 2.75) is 0 Å². The molecule has 0 atom stereocenters. The van der Waals surface area contributed by atoms with E-state index in [9.17, 15) is 0 Å². The third-order valence-electron chi connectivity index (χ3n) is 3.04. The largest absolute Gasteiger partial charge is 0.496 e. The molecule has 110 valence electrons. The first-order valence-electron chi connectivity index (χ1n) is 6.41. The van der Waals surface area contributed by atoms with Crippen LogP contribution in [0.15, 0.2) is 36.4 Å². The maximum atomic E-state index is 5.98. The van der Waals surface area contributed by atoms with Gasteiger partial charge in [0.25, 0.3) is 0 Å². The fraction of sp³-hybridized carbons (Fsp3) is 0.176. The highest BCUT2D eigenvalue weighted by Crippen LogP contribution is 2.35. The van der Waals surface area contributed by atoms with E-state index in [1.54, 1.807) is 21.3 Å². The summed E-state index contributed by atoms with van der Waals surface area (Å²) in [5.74, 6) is 2.05. The Kier molecular flexibility index (Phi) is 5.12. The summed E-state index contributed by atoms with van der Waals surface area (Å²) in [7, 11) is 4.84. The topological polar surface area (TPSA) is 27.7 Å². The van der Waals surface area contributed by atoms with Gasteiger partial charge in [-0.2, -0.15) is 0 Å². The van der Waals surface area contributed by atoms with Crippen LogP contribution in [0.4, 0.5) is 0 Å². The fourth-order valence-electron chi connectivity index (χ4n) is 1.99. The Hall–Kier alpha value is -2.13. The Balaban J connectivity index is 2.42. The van der Waals surface area contributed by atoms with E-state index in [-0.39, 0.29) is 0 Å². The lowest BCUT2D eigenvalue weighted by Crippen LogP contribution is -1.94. The van der Waals surface area contributed by atoms with Crippen molar-refractivity contribution in [1.29, 1.82) is 0 Å². The van der Waals surface area contributed by atoms with Crippen LogP contribution in [0.1, 0.15) is 11.1 Å². The summed E-state index contributed by atoms with van der Waals surface area (Å²) in [4.78, 5) is 0. The van der Waals surface area contributed by atoms with Gasteiger partial charge in [0, 0.05) is 17.2 Å². The Bertz CT molecular complexity index is 625. The van der Waals surface area contributed by atoms with Crippen LogP contribution in [-0.4, -0.2) is 21.3 Å². The van der Waals surface area contributed by atoms with E-state index in [4.69, 9.17) is 25.8 Å². The molecule has 0 unspecified atom stereocenters. The molecular formula is C17H17ClO3. The molecule has 0 saturated carbocycles. The zero-order valence-corrected chi connectivity index (χ0v) is 13.0. The molecule has 0 spiro atoms. The number of ether oxygens (including phenoxy) is 3. The SMILES string of the molecule is COc1cc(OC)c(/C=C/c2cccc(Cl)c2)c(OC)c1. The van der Waals surface area contributed by atoms with Crippen molar-refractivity contribution in [3.63, 3.8) is 0 Å². The smallest absolute Gasteiger partial charge is 0.133 e. The summed E-state index contributed by atoms with van der Waals surface area (Å²) in [6.45, 7) is 0. The van der Waals surface area contributed by atoms with Gasteiger partial charge < -0.3 is 14.2 Å². The molecule has 2 rings (SSSR count). The standard InChI is InChI=1S/C17H17ClO3/c1-19-14-10-16(20-2)15(17(11-14)21-3)8-7-12-5-4-6-13(18)9-12/h4-11H,1-3H3/b8-7+. The molecule has 0 aliphatic heterocycles. The van der Waals surface area contributed by atoms with Gasteiger partial charge in [0.1, 0.15) is 17.2 Å². The monoisotopic (exact) mass is 304 g/mol. The highest BCUT2D eigenvalue weighted by Gasteiger charge is 2.10. The maximum Gasteiger partial charge on any atom is 0.133 e. The zero-order valence-electron chi connectivity index (χ0n) is 12.2. The molecule has 0 saturated heterocycles. The Labute approximate surface area is 129 Å². The summed E-state index contributed by atoms with van der Waals surface area (Å²) in [5.41, 5.74) is 1.85. The number of rotatable bonds is 5. The second-order valence-electron chi connectivity index (χ2n) is 4.33. The normalized spacial score (nSPS) is 10.7. The van der Waals surface area contributed by atoms with E-state index in [0.717, 1.165) is 11.1 Å². The van der Waals surface area contributed by atoms with E-state index < -0.39 is 0 Å². The van der Waals surface area contributed by atoms with Crippen LogP contribution < -0.4 is 14.2 Å². The first kappa shape index (κ1) is 15.3. The zero-order chi connectivity index (χ0) is 15.2. The predicted octanol–water partition coefficient (Wildman–Crippen LogP) is 4.54. The molecule has 0 aliphatic rings. The average molecular weight is 305 g/mol. The summed E-state index contributed by atoms with van der Waals surface area (Å²) in [6, 6.07) is 11.3. The highest BCUT2D eigenvalue weighted by atomic mass is 35.5. The predicted molar refractivity (Wildman–Crippen MR) is 86.5 cm³/mol. The van der Waals surface area contributed by atoms with E-state index in [2.05, 4.69) is 0 Å². The quantitative estimate of drug-likeness (QED) is 0.759. The van der Waals surface area contributed by atoms with E-state index >= 15 is 0 Å². The van der Waals surface area contributed by atoms with Crippen molar-refractivity contribution in [2.75, 3.05) is 21.3 Å². The van der Waals surface area contributed by atoms with Gasteiger partial charge in [-0.05, 0) is 23.8 Å². The number of hydrogen-bond donors (Lipinski definition) is 0. The average Bonchev–Trinajstić information content (AvgIpc) is 2.52. The van der Waals surface area contributed by atoms with Crippen LogP contribution in [0, 0.1) is 0 Å². The molecule has 2 aromatic carbocycles. The van der Waals surface area contributed by atoms with E-state index in [1.807, 2.05) is 48.6 Å². The van der Waals surface area contributed by atoms with Crippen molar-refractivity contribution in [3.05, 3.63) is 52.5 Å². The lowest BCUT2D eigenvalue weighted by Gasteiger charge is -2.12. The van der Waals surface area contributed by atoms with Gasteiger partial charge in [-0.25, -0.2) is 0 Å². The Morgan fingerprint density at radius 2 is 1.52 bits per heavy atom. The van der Waals surface area contributed by atoms with E-state index in [0.29, 0.717) is 22.3 Å². The number of hydrogen-bond acceptors (Lipinski definition) is 3. The van der Waals surface area contributed by atoms with E-state index in [1.165, 1.54) is 0 Å². The number of halogens is 1. The minimum absolute atomic E-state index is 0.684. The molecule has 0 radical (unpaired) electrons. The maximum absolute atomic E-state index is 5.98. The molecule has 2 aromatic rings. The van der Waals surface area contributed by atoms with Crippen molar-refractivity contribution in [1.82, 2.24) is 0 Å². The Morgan fingerprint density at radius 3 is 2.05 bits per heavy atom. The van der Waals surface area contributed by atoms with Gasteiger partial charge >= 0.3 is 0 Å². The highest BCUT2D eigenvalue weighted by molar-refractivity contribution is 6.30. The summed E-state index contributed by atoms with van der Waals surface area (Å²) in [6.07, 6.45) is 3.89. The van der Waals surface area contributed by atoms with Crippen LogP contribution in [-0.2, 0) is 0 Å². The summed E-state index contributed by atoms with van der Waals surface area (Å²) >= 11 is 5.98. The lowest BCUT2D eigenvalue weighted by molar-refractivity contribution is 0.374. The van der Waals surface area contributed by atoms with Crippen LogP contribution in [0.2, 0.25) is 5.02 Å². The van der Waals surface area contributed by atoms with Crippen LogP contribution >= 0.6 is 11.6 Å². The molecule has 0 N–H and O–H groups in total. The van der Waals surface area contributed by atoms with Crippen molar-refractivity contribution in [2.24, 2.45) is 0 Å². The molecule has 0 aliphatic carbocycles. The summed E-state index contributed by atoms with van der Waals surface area (Å²) < 4.78 is 16.0. The first-order valence-corrected chi connectivity index (χ1v) is 6.79. The molecule has 0 fully saturated rings. The van der Waals surface area contributed by atoms with Gasteiger partial charge in [0.15, 0.2) is 0 Å². The van der Waals surface area contributed by atoms with Crippen molar-refractivity contribution >= 4 is 23.8 Å². The minimum atomic E-state index is 0.684. The minimum Gasteiger partial charge on any atom is -0.496 e. The van der Waals surface area contributed by atoms with Gasteiger partial charge in [0.2, 0.25) is 0 Å². The van der Waals surface area contributed by atoms with Crippen molar-refractivity contribution < 1.29 is 14.2 Å². The molecular weight excluding hydrogens is 288 g/mol. The number of methoxy groups -OCH3 is 3. The van der Waals surface area contributed by atoms with Gasteiger partial charge in [-0.3, -0.25) is 0 Å². The van der Waals surface area contributed by atoms with Crippen molar-refractivity contribution in [3.8, 4) is 17.2 Å².